The van der Waals surface area contributed by atoms with E-state index in [0.29, 0.717) is 11.3 Å². The number of aromatic nitrogens is 1. The fraction of sp³-hybridized carbons (Fsp3) is 0.200. The van der Waals surface area contributed by atoms with Crippen LogP contribution in [0.5, 0.6) is 0 Å². The summed E-state index contributed by atoms with van der Waals surface area (Å²) in [6.45, 7) is 6.09. The van der Waals surface area contributed by atoms with Crippen LogP contribution < -0.4 is 10.2 Å². The van der Waals surface area contributed by atoms with E-state index < -0.39 is 0 Å². The zero-order chi connectivity index (χ0) is 18.5. The molecule has 0 saturated carbocycles. The van der Waals surface area contributed by atoms with Crippen LogP contribution in [0.4, 0.5) is 15.2 Å². The number of thiazole rings is 1. The number of carbonyl (C=O) groups excluding carboxylic acids is 1. The Morgan fingerprint density at radius 3 is 2.35 bits per heavy atom. The van der Waals surface area contributed by atoms with Gasteiger partial charge in [-0.15, -0.1) is 11.3 Å². The lowest BCUT2D eigenvalue weighted by atomic mass is 10.1. The molecule has 0 radical (unpaired) electrons. The number of nitrogens with zero attached hydrogens (tertiary/aromatic N) is 2. The minimum absolute atomic E-state index is 0.268. The molecule has 0 aliphatic heterocycles. The third-order valence-corrected chi connectivity index (χ3v) is 4.97. The number of anilines is 2. The van der Waals surface area contributed by atoms with E-state index in [1.54, 1.807) is 11.3 Å². The maximum absolute atomic E-state index is 12.9. The predicted molar refractivity (Wildman–Crippen MR) is 105 cm³/mol. The first-order valence-electron chi connectivity index (χ1n) is 8.48. The molecule has 0 spiro atoms. The Labute approximate surface area is 156 Å². The summed E-state index contributed by atoms with van der Waals surface area (Å²) in [5.74, 6) is -0.631. The smallest absolute Gasteiger partial charge is 0.255 e. The SMILES string of the molecule is CCN(CC)c1nc(-c2ccc(NC(=O)c3ccc(F)cc3)cc2)cs1. The largest absolute Gasteiger partial charge is 0.349 e. The highest BCUT2D eigenvalue weighted by Gasteiger charge is 2.10. The molecule has 0 fully saturated rings. The lowest BCUT2D eigenvalue weighted by Gasteiger charge is -2.16. The summed E-state index contributed by atoms with van der Waals surface area (Å²) < 4.78 is 12.9. The maximum atomic E-state index is 12.9. The second-order valence-corrected chi connectivity index (χ2v) is 6.56. The first-order chi connectivity index (χ1) is 12.6. The number of amides is 1. The molecule has 0 aliphatic carbocycles. The Balaban J connectivity index is 1.70. The summed E-state index contributed by atoms with van der Waals surface area (Å²) in [6.07, 6.45) is 0. The molecule has 1 aromatic heterocycles. The van der Waals surface area contributed by atoms with Crippen molar-refractivity contribution in [3.05, 3.63) is 65.3 Å². The molecule has 134 valence electrons. The topological polar surface area (TPSA) is 45.2 Å². The lowest BCUT2D eigenvalue weighted by molar-refractivity contribution is 0.102. The summed E-state index contributed by atoms with van der Waals surface area (Å²) >= 11 is 1.63. The van der Waals surface area contributed by atoms with Crippen LogP contribution in [-0.2, 0) is 0 Å². The van der Waals surface area contributed by atoms with E-state index in [1.807, 2.05) is 29.6 Å². The van der Waals surface area contributed by atoms with Crippen molar-refractivity contribution in [3.8, 4) is 11.3 Å². The van der Waals surface area contributed by atoms with Crippen molar-refractivity contribution < 1.29 is 9.18 Å². The van der Waals surface area contributed by atoms with Crippen LogP contribution >= 0.6 is 11.3 Å². The predicted octanol–water partition coefficient (Wildman–Crippen LogP) is 5.05. The number of benzene rings is 2. The monoisotopic (exact) mass is 369 g/mol. The molecule has 26 heavy (non-hydrogen) atoms. The number of rotatable bonds is 6. The second kappa shape index (κ2) is 8.10. The molecular formula is C20H20FN3OS. The molecule has 1 amide bonds. The van der Waals surface area contributed by atoms with Gasteiger partial charge in [0, 0.05) is 35.3 Å². The lowest BCUT2D eigenvalue weighted by Crippen LogP contribution is -2.21. The Bertz CT molecular complexity index is 871. The molecule has 1 heterocycles. The van der Waals surface area contributed by atoms with Gasteiger partial charge >= 0.3 is 0 Å². The molecule has 0 unspecified atom stereocenters. The molecule has 2 aromatic carbocycles. The summed E-state index contributed by atoms with van der Waals surface area (Å²) in [5.41, 5.74) is 3.02. The molecule has 0 atom stereocenters. The van der Waals surface area contributed by atoms with Crippen LogP contribution in [0.3, 0.4) is 0 Å². The van der Waals surface area contributed by atoms with Gasteiger partial charge in [-0.3, -0.25) is 4.79 Å². The van der Waals surface area contributed by atoms with Gasteiger partial charge in [0.2, 0.25) is 0 Å². The highest BCUT2D eigenvalue weighted by molar-refractivity contribution is 7.14. The van der Waals surface area contributed by atoms with E-state index in [-0.39, 0.29) is 11.7 Å². The maximum Gasteiger partial charge on any atom is 0.255 e. The molecular weight excluding hydrogens is 349 g/mol. The van der Waals surface area contributed by atoms with E-state index >= 15 is 0 Å². The van der Waals surface area contributed by atoms with Gasteiger partial charge < -0.3 is 10.2 Å². The number of nitrogens with one attached hydrogen (secondary N) is 1. The second-order valence-electron chi connectivity index (χ2n) is 5.73. The standard InChI is InChI=1S/C20H20FN3OS/c1-3-24(4-2)20-23-18(13-26-20)14-7-11-17(12-8-14)22-19(25)15-5-9-16(21)10-6-15/h5-13H,3-4H2,1-2H3,(H,22,25). The Kier molecular flexibility index (Phi) is 5.63. The van der Waals surface area contributed by atoms with E-state index in [2.05, 4.69) is 24.1 Å². The van der Waals surface area contributed by atoms with Crippen molar-refractivity contribution in [2.24, 2.45) is 0 Å². The van der Waals surface area contributed by atoms with Crippen molar-refractivity contribution >= 4 is 28.1 Å². The van der Waals surface area contributed by atoms with E-state index in [9.17, 15) is 9.18 Å². The molecule has 3 aromatic rings. The highest BCUT2D eigenvalue weighted by Crippen LogP contribution is 2.28. The quantitative estimate of drug-likeness (QED) is 0.661. The minimum atomic E-state index is -0.363. The summed E-state index contributed by atoms with van der Waals surface area (Å²) in [7, 11) is 0. The van der Waals surface area contributed by atoms with Crippen LogP contribution in [-0.4, -0.2) is 24.0 Å². The van der Waals surface area contributed by atoms with Crippen LogP contribution in [0, 0.1) is 5.82 Å². The number of carbonyl (C=O) groups is 1. The zero-order valence-electron chi connectivity index (χ0n) is 14.7. The molecule has 4 nitrogen and oxygen atoms in total. The van der Waals surface area contributed by atoms with Crippen LogP contribution in [0.1, 0.15) is 24.2 Å². The van der Waals surface area contributed by atoms with Gasteiger partial charge in [0.15, 0.2) is 5.13 Å². The number of hydrogen-bond acceptors (Lipinski definition) is 4. The molecule has 0 bridgehead atoms. The summed E-state index contributed by atoms with van der Waals surface area (Å²) in [5, 5.41) is 5.86. The number of halogens is 1. The van der Waals surface area contributed by atoms with E-state index in [4.69, 9.17) is 4.98 Å². The molecule has 6 heteroatoms. The summed E-state index contributed by atoms with van der Waals surface area (Å²) in [6, 6.07) is 13.0. The Morgan fingerprint density at radius 1 is 1.08 bits per heavy atom. The van der Waals surface area contributed by atoms with Gasteiger partial charge in [0.25, 0.3) is 5.91 Å². The Morgan fingerprint density at radius 2 is 1.73 bits per heavy atom. The van der Waals surface area contributed by atoms with Gasteiger partial charge in [0.1, 0.15) is 5.82 Å². The average Bonchev–Trinajstić information content (AvgIpc) is 3.14. The molecule has 0 aliphatic rings. The Hall–Kier alpha value is -2.73. The van der Waals surface area contributed by atoms with E-state index in [1.165, 1.54) is 24.3 Å². The highest BCUT2D eigenvalue weighted by atomic mass is 32.1. The van der Waals surface area contributed by atoms with Gasteiger partial charge in [-0.1, -0.05) is 12.1 Å². The molecule has 1 N–H and O–H groups in total. The third-order valence-electron chi connectivity index (χ3n) is 4.07. The zero-order valence-corrected chi connectivity index (χ0v) is 15.5. The van der Waals surface area contributed by atoms with Crippen molar-refractivity contribution in [2.75, 3.05) is 23.3 Å². The van der Waals surface area contributed by atoms with Crippen molar-refractivity contribution in [1.29, 1.82) is 0 Å². The van der Waals surface area contributed by atoms with Crippen LogP contribution in [0.25, 0.3) is 11.3 Å². The van der Waals surface area contributed by atoms with Crippen LogP contribution in [0.15, 0.2) is 53.9 Å². The van der Waals surface area contributed by atoms with E-state index in [0.717, 1.165) is 29.5 Å². The van der Waals surface area contributed by atoms with Crippen molar-refractivity contribution in [2.45, 2.75) is 13.8 Å². The van der Waals surface area contributed by atoms with Crippen LogP contribution in [0.2, 0.25) is 0 Å². The van der Waals surface area contributed by atoms with Gasteiger partial charge in [-0.2, -0.15) is 0 Å². The molecule has 3 rings (SSSR count). The number of hydrogen-bond donors (Lipinski definition) is 1. The summed E-state index contributed by atoms with van der Waals surface area (Å²) in [4.78, 5) is 19.1. The van der Waals surface area contributed by atoms with Gasteiger partial charge in [-0.05, 0) is 50.2 Å². The van der Waals surface area contributed by atoms with Crippen molar-refractivity contribution in [1.82, 2.24) is 4.98 Å². The normalized spacial score (nSPS) is 10.6. The average molecular weight is 369 g/mol. The first kappa shape index (κ1) is 18.1. The van der Waals surface area contributed by atoms with Gasteiger partial charge in [0.05, 0.1) is 5.69 Å². The first-order valence-corrected chi connectivity index (χ1v) is 9.36. The fourth-order valence-corrected chi connectivity index (χ4v) is 3.53. The van der Waals surface area contributed by atoms with Crippen molar-refractivity contribution in [3.63, 3.8) is 0 Å². The fourth-order valence-electron chi connectivity index (χ4n) is 2.57. The third kappa shape index (κ3) is 4.08. The van der Waals surface area contributed by atoms with Gasteiger partial charge in [-0.25, -0.2) is 9.37 Å². The molecule has 0 saturated heterocycles. The minimum Gasteiger partial charge on any atom is -0.349 e.